The van der Waals surface area contributed by atoms with Crippen molar-refractivity contribution < 1.29 is 9.50 Å². The van der Waals surface area contributed by atoms with E-state index in [1.165, 1.54) is 6.07 Å². The first-order chi connectivity index (χ1) is 7.98. The van der Waals surface area contributed by atoms with Crippen LogP contribution < -0.4 is 5.73 Å². The third-order valence-electron chi connectivity index (χ3n) is 3.48. The van der Waals surface area contributed by atoms with Gasteiger partial charge in [0.15, 0.2) is 0 Å². The standard InChI is InChI=1S/C13H17ClFNO/c14-11-7-9(1-2-12(11)15)8-13(17)5-3-10(16)4-6-13/h1-2,7,10,17H,3-6,8,16H2. The molecule has 0 aromatic heterocycles. The number of nitrogens with two attached hydrogens (primary N) is 1. The Morgan fingerprint density at radius 1 is 1.41 bits per heavy atom. The molecule has 4 heteroatoms. The Balaban J connectivity index is 2.07. The summed E-state index contributed by atoms with van der Waals surface area (Å²) in [6, 6.07) is 4.80. The molecule has 2 rings (SSSR count). The maximum atomic E-state index is 13.0. The Labute approximate surface area is 106 Å². The Hall–Kier alpha value is -0.640. The van der Waals surface area contributed by atoms with Crippen LogP contribution in [-0.4, -0.2) is 16.7 Å². The van der Waals surface area contributed by atoms with Gasteiger partial charge < -0.3 is 10.8 Å². The summed E-state index contributed by atoms with van der Waals surface area (Å²) in [4.78, 5) is 0. The minimum Gasteiger partial charge on any atom is -0.390 e. The summed E-state index contributed by atoms with van der Waals surface area (Å²) < 4.78 is 13.0. The van der Waals surface area contributed by atoms with Crippen LogP contribution in [0.3, 0.4) is 0 Å². The first-order valence-corrected chi connectivity index (χ1v) is 6.28. The van der Waals surface area contributed by atoms with Crippen molar-refractivity contribution in [2.75, 3.05) is 0 Å². The SMILES string of the molecule is NC1CCC(O)(Cc2ccc(F)c(Cl)c2)CC1. The molecule has 1 aliphatic carbocycles. The molecule has 3 N–H and O–H groups in total. The summed E-state index contributed by atoms with van der Waals surface area (Å²) in [5.74, 6) is -0.423. The molecule has 17 heavy (non-hydrogen) atoms. The molecule has 0 heterocycles. The molecule has 94 valence electrons. The van der Waals surface area contributed by atoms with Crippen LogP contribution >= 0.6 is 11.6 Å². The lowest BCUT2D eigenvalue weighted by molar-refractivity contribution is 0.000204. The molecule has 0 unspecified atom stereocenters. The van der Waals surface area contributed by atoms with E-state index in [2.05, 4.69) is 0 Å². The van der Waals surface area contributed by atoms with Crippen LogP contribution in [0.4, 0.5) is 4.39 Å². The zero-order valence-corrected chi connectivity index (χ0v) is 10.4. The Bertz CT molecular complexity index is 402. The van der Waals surface area contributed by atoms with Gasteiger partial charge in [0.2, 0.25) is 0 Å². The van der Waals surface area contributed by atoms with E-state index in [-0.39, 0.29) is 11.1 Å². The molecule has 1 aromatic carbocycles. The van der Waals surface area contributed by atoms with Gasteiger partial charge in [0.05, 0.1) is 10.6 Å². The Morgan fingerprint density at radius 3 is 2.65 bits per heavy atom. The molecular formula is C13H17ClFNO. The smallest absolute Gasteiger partial charge is 0.141 e. The molecule has 0 bridgehead atoms. The molecule has 0 amide bonds. The van der Waals surface area contributed by atoms with E-state index in [0.29, 0.717) is 19.3 Å². The van der Waals surface area contributed by atoms with Crippen molar-refractivity contribution >= 4 is 11.6 Å². The van der Waals surface area contributed by atoms with Crippen LogP contribution in [0, 0.1) is 5.82 Å². The summed E-state index contributed by atoms with van der Waals surface area (Å²) in [6.07, 6.45) is 3.59. The zero-order chi connectivity index (χ0) is 12.5. The van der Waals surface area contributed by atoms with Crippen molar-refractivity contribution in [3.63, 3.8) is 0 Å². The zero-order valence-electron chi connectivity index (χ0n) is 9.63. The molecule has 0 atom stereocenters. The van der Waals surface area contributed by atoms with E-state index in [1.807, 2.05) is 0 Å². The van der Waals surface area contributed by atoms with Gasteiger partial charge in [-0.2, -0.15) is 0 Å². The normalized spacial score (nSPS) is 29.3. The topological polar surface area (TPSA) is 46.2 Å². The van der Waals surface area contributed by atoms with E-state index in [4.69, 9.17) is 17.3 Å². The fourth-order valence-corrected chi connectivity index (χ4v) is 2.59. The Kier molecular flexibility index (Phi) is 3.71. The average Bonchev–Trinajstić information content (AvgIpc) is 2.28. The fourth-order valence-electron chi connectivity index (χ4n) is 2.38. The lowest BCUT2D eigenvalue weighted by atomic mass is 9.79. The number of benzene rings is 1. The second-order valence-electron chi connectivity index (χ2n) is 4.99. The first kappa shape index (κ1) is 12.8. The quantitative estimate of drug-likeness (QED) is 0.856. The summed E-state index contributed by atoms with van der Waals surface area (Å²) in [5.41, 5.74) is 5.97. The molecule has 0 spiro atoms. The van der Waals surface area contributed by atoms with E-state index in [9.17, 15) is 9.50 Å². The summed E-state index contributed by atoms with van der Waals surface area (Å²) in [5, 5.41) is 10.5. The summed E-state index contributed by atoms with van der Waals surface area (Å²) >= 11 is 5.72. The highest BCUT2D eigenvalue weighted by Crippen LogP contribution is 2.31. The maximum absolute atomic E-state index is 13.0. The van der Waals surface area contributed by atoms with Gasteiger partial charge in [0, 0.05) is 12.5 Å². The number of rotatable bonds is 2. The van der Waals surface area contributed by atoms with Crippen molar-refractivity contribution in [3.05, 3.63) is 34.6 Å². The van der Waals surface area contributed by atoms with Crippen molar-refractivity contribution in [1.82, 2.24) is 0 Å². The summed E-state index contributed by atoms with van der Waals surface area (Å²) in [6.45, 7) is 0. The molecule has 0 radical (unpaired) electrons. The van der Waals surface area contributed by atoms with Crippen LogP contribution in [0.5, 0.6) is 0 Å². The number of halogens is 2. The second-order valence-corrected chi connectivity index (χ2v) is 5.39. The fraction of sp³-hybridized carbons (Fsp3) is 0.538. The van der Waals surface area contributed by atoms with Crippen molar-refractivity contribution in [1.29, 1.82) is 0 Å². The monoisotopic (exact) mass is 257 g/mol. The molecular weight excluding hydrogens is 241 g/mol. The largest absolute Gasteiger partial charge is 0.390 e. The van der Waals surface area contributed by atoms with Crippen molar-refractivity contribution in [3.8, 4) is 0 Å². The highest BCUT2D eigenvalue weighted by molar-refractivity contribution is 6.30. The van der Waals surface area contributed by atoms with E-state index >= 15 is 0 Å². The molecule has 0 aliphatic heterocycles. The second kappa shape index (κ2) is 4.92. The minimum atomic E-state index is -0.711. The third-order valence-corrected chi connectivity index (χ3v) is 3.77. The average molecular weight is 258 g/mol. The van der Waals surface area contributed by atoms with Crippen LogP contribution in [0.15, 0.2) is 18.2 Å². The van der Waals surface area contributed by atoms with E-state index < -0.39 is 11.4 Å². The number of hydrogen-bond donors (Lipinski definition) is 2. The van der Waals surface area contributed by atoms with Crippen LogP contribution in [-0.2, 0) is 6.42 Å². The molecule has 1 fully saturated rings. The van der Waals surface area contributed by atoms with Gasteiger partial charge in [0.1, 0.15) is 5.82 Å². The van der Waals surface area contributed by atoms with Gasteiger partial charge in [-0.3, -0.25) is 0 Å². The molecule has 1 saturated carbocycles. The highest BCUT2D eigenvalue weighted by Gasteiger charge is 2.32. The lowest BCUT2D eigenvalue weighted by Crippen LogP contribution is -2.40. The van der Waals surface area contributed by atoms with Crippen molar-refractivity contribution in [2.45, 2.75) is 43.7 Å². The predicted molar refractivity (Wildman–Crippen MR) is 66.5 cm³/mol. The van der Waals surface area contributed by atoms with Gasteiger partial charge in [-0.1, -0.05) is 17.7 Å². The molecule has 0 saturated heterocycles. The molecule has 1 aromatic rings. The Morgan fingerprint density at radius 2 is 2.06 bits per heavy atom. The first-order valence-electron chi connectivity index (χ1n) is 5.90. The van der Waals surface area contributed by atoms with Crippen molar-refractivity contribution in [2.24, 2.45) is 5.73 Å². The van der Waals surface area contributed by atoms with Crippen LogP contribution in [0.2, 0.25) is 5.02 Å². The molecule has 1 aliphatic rings. The van der Waals surface area contributed by atoms with Gasteiger partial charge in [-0.15, -0.1) is 0 Å². The third kappa shape index (κ3) is 3.18. The number of hydrogen-bond acceptors (Lipinski definition) is 2. The summed E-state index contributed by atoms with van der Waals surface area (Å²) in [7, 11) is 0. The minimum absolute atomic E-state index is 0.110. The van der Waals surface area contributed by atoms with Gasteiger partial charge in [-0.25, -0.2) is 4.39 Å². The number of aliphatic hydroxyl groups is 1. The van der Waals surface area contributed by atoms with Crippen LogP contribution in [0.1, 0.15) is 31.2 Å². The maximum Gasteiger partial charge on any atom is 0.141 e. The highest BCUT2D eigenvalue weighted by atomic mass is 35.5. The predicted octanol–water partition coefficient (Wildman–Crippen LogP) is 2.65. The van der Waals surface area contributed by atoms with Gasteiger partial charge in [0.25, 0.3) is 0 Å². The van der Waals surface area contributed by atoms with E-state index in [1.54, 1.807) is 12.1 Å². The van der Waals surface area contributed by atoms with Gasteiger partial charge >= 0.3 is 0 Å². The van der Waals surface area contributed by atoms with E-state index in [0.717, 1.165) is 18.4 Å². The molecule has 2 nitrogen and oxygen atoms in total. The van der Waals surface area contributed by atoms with Gasteiger partial charge in [-0.05, 0) is 43.4 Å². The lowest BCUT2D eigenvalue weighted by Gasteiger charge is -2.35. The van der Waals surface area contributed by atoms with Crippen LogP contribution in [0.25, 0.3) is 0 Å².